The Hall–Kier alpha value is -1.75. The Kier molecular flexibility index (Phi) is 6.87. The minimum atomic E-state index is 0.0792. The predicted octanol–water partition coefficient (Wildman–Crippen LogP) is 4.46. The second-order valence-corrected chi connectivity index (χ2v) is 5.90. The van der Waals surface area contributed by atoms with Gasteiger partial charge in [0.25, 0.3) is 0 Å². The molecule has 2 heteroatoms. The zero-order valence-corrected chi connectivity index (χ0v) is 12.8. The first kappa shape index (κ1) is 16.3. The van der Waals surface area contributed by atoms with Crippen molar-refractivity contribution >= 4 is 11.6 Å². The third-order valence-corrected chi connectivity index (χ3v) is 3.35. The van der Waals surface area contributed by atoms with E-state index in [0.29, 0.717) is 12.3 Å². The molecule has 0 aliphatic rings. The number of carbonyl (C=O) groups is 1. The maximum absolute atomic E-state index is 11.9. The topological polar surface area (TPSA) is 29.1 Å². The van der Waals surface area contributed by atoms with Gasteiger partial charge in [0.15, 0.2) is 0 Å². The van der Waals surface area contributed by atoms with Gasteiger partial charge >= 0.3 is 0 Å². The highest BCUT2D eigenvalue weighted by Gasteiger charge is 2.09. The van der Waals surface area contributed by atoms with E-state index in [0.717, 1.165) is 23.6 Å². The van der Waals surface area contributed by atoms with Crippen LogP contribution < -0.4 is 5.32 Å². The Morgan fingerprint density at radius 2 is 1.85 bits per heavy atom. The van der Waals surface area contributed by atoms with Crippen molar-refractivity contribution in [1.82, 2.24) is 0 Å². The molecule has 0 bridgehead atoms. The molecule has 0 aromatic heterocycles. The molecule has 108 valence electrons. The zero-order valence-electron chi connectivity index (χ0n) is 12.8. The van der Waals surface area contributed by atoms with Gasteiger partial charge in [-0.15, -0.1) is 6.42 Å². The van der Waals surface area contributed by atoms with Crippen molar-refractivity contribution in [3.63, 3.8) is 0 Å². The van der Waals surface area contributed by atoms with E-state index in [1.165, 1.54) is 12.8 Å². The van der Waals surface area contributed by atoms with Gasteiger partial charge in [-0.3, -0.25) is 4.79 Å². The summed E-state index contributed by atoms with van der Waals surface area (Å²) in [5.41, 5.74) is 1.63. The fourth-order valence-electron chi connectivity index (χ4n) is 2.15. The molecule has 1 amide bonds. The normalized spacial score (nSPS) is 11.9. The predicted molar refractivity (Wildman–Crippen MR) is 85.5 cm³/mol. The lowest BCUT2D eigenvalue weighted by Gasteiger charge is -2.12. The van der Waals surface area contributed by atoms with Crippen molar-refractivity contribution < 1.29 is 4.79 Å². The molecule has 0 heterocycles. The van der Waals surface area contributed by atoms with Crippen LogP contribution in [0.5, 0.6) is 0 Å². The van der Waals surface area contributed by atoms with E-state index in [9.17, 15) is 4.79 Å². The Labute approximate surface area is 123 Å². The van der Waals surface area contributed by atoms with E-state index in [1.807, 2.05) is 24.3 Å². The van der Waals surface area contributed by atoms with E-state index < -0.39 is 0 Å². The Morgan fingerprint density at radius 3 is 2.40 bits per heavy atom. The minimum absolute atomic E-state index is 0.0792. The van der Waals surface area contributed by atoms with Crippen molar-refractivity contribution in [2.75, 3.05) is 5.32 Å². The van der Waals surface area contributed by atoms with Crippen molar-refractivity contribution in [1.29, 1.82) is 0 Å². The number of anilines is 1. The molecule has 0 spiro atoms. The maximum atomic E-state index is 11.9. The molecule has 1 atom stereocenters. The summed E-state index contributed by atoms with van der Waals surface area (Å²) in [5, 5.41) is 2.92. The first-order valence-corrected chi connectivity index (χ1v) is 7.37. The van der Waals surface area contributed by atoms with Crippen molar-refractivity contribution in [2.24, 2.45) is 11.8 Å². The second kappa shape index (κ2) is 8.43. The number of nitrogens with one attached hydrogen (secondary N) is 1. The van der Waals surface area contributed by atoms with E-state index in [4.69, 9.17) is 6.42 Å². The molecule has 0 saturated carbocycles. The van der Waals surface area contributed by atoms with Gasteiger partial charge < -0.3 is 5.32 Å². The number of rotatable bonds is 7. The van der Waals surface area contributed by atoms with Crippen LogP contribution in [0.15, 0.2) is 24.3 Å². The smallest absolute Gasteiger partial charge is 0.224 e. The lowest BCUT2D eigenvalue weighted by Crippen LogP contribution is -2.15. The number of hydrogen-bond donors (Lipinski definition) is 1. The van der Waals surface area contributed by atoms with Gasteiger partial charge in [-0.05, 0) is 36.1 Å². The number of carbonyl (C=O) groups excluding carboxylic acids is 1. The van der Waals surface area contributed by atoms with Gasteiger partial charge in [-0.1, -0.05) is 46.0 Å². The van der Waals surface area contributed by atoms with Crippen molar-refractivity contribution in [3.05, 3.63) is 29.8 Å². The molecular weight excluding hydrogens is 246 g/mol. The highest BCUT2D eigenvalue weighted by atomic mass is 16.1. The quantitative estimate of drug-likeness (QED) is 0.729. The summed E-state index contributed by atoms with van der Waals surface area (Å²) < 4.78 is 0. The minimum Gasteiger partial charge on any atom is -0.326 e. The van der Waals surface area contributed by atoms with E-state index >= 15 is 0 Å². The van der Waals surface area contributed by atoms with Gasteiger partial charge in [-0.2, -0.15) is 0 Å². The number of benzene rings is 1. The molecule has 1 N–H and O–H groups in total. The molecule has 1 aromatic rings. The maximum Gasteiger partial charge on any atom is 0.224 e. The summed E-state index contributed by atoms with van der Waals surface area (Å²) >= 11 is 0. The molecule has 20 heavy (non-hydrogen) atoms. The summed E-state index contributed by atoms with van der Waals surface area (Å²) in [7, 11) is 0. The Balaban J connectivity index is 2.33. The van der Waals surface area contributed by atoms with Crippen LogP contribution in [0.1, 0.15) is 52.0 Å². The van der Waals surface area contributed by atoms with Gasteiger partial charge in [0.05, 0.1) is 0 Å². The Morgan fingerprint density at radius 1 is 1.20 bits per heavy atom. The molecule has 0 unspecified atom stereocenters. The summed E-state index contributed by atoms with van der Waals surface area (Å²) in [5.74, 6) is 3.81. The molecule has 1 aromatic carbocycles. The average Bonchev–Trinajstić information content (AvgIpc) is 2.38. The van der Waals surface area contributed by atoms with Crippen LogP contribution >= 0.6 is 0 Å². The molecule has 1 rings (SSSR count). The average molecular weight is 271 g/mol. The lowest BCUT2D eigenvalue weighted by atomic mass is 9.97. The van der Waals surface area contributed by atoms with Crippen LogP contribution in [0.3, 0.4) is 0 Å². The van der Waals surface area contributed by atoms with Crippen LogP contribution in [0.25, 0.3) is 0 Å². The highest BCUT2D eigenvalue weighted by Crippen LogP contribution is 2.16. The summed E-state index contributed by atoms with van der Waals surface area (Å²) in [4.78, 5) is 11.9. The molecule has 0 radical (unpaired) electrons. The Bertz CT molecular complexity index is 453. The van der Waals surface area contributed by atoms with Crippen LogP contribution in [-0.2, 0) is 4.79 Å². The fourth-order valence-corrected chi connectivity index (χ4v) is 2.15. The summed E-state index contributed by atoms with van der Waals surface area (Å²) in [6.45, 7) is 6.61. The third-order valence-electron chi connectivity index (χ3n) is 3.35. The number of hydrogen-bond acceptors (Lipinski definition) is 1. The van der Waals surface area contributed by atoms with Gasteiger partial charge in [0.1, 0.15) is 0 Å². The fraction of sp³-hybridized carbons (Fsp3) is 0.500. The zero-order chi connectivity index (χ0) is 15.0. The van der Waals surface area contributed by atoms with Crippen molar-refractivity contribution in [3.8, 4) is 12.3 Å². The van der Waals surface area contributed by atoms with Gasteiger partial charge in [0, 0.05) is 17.7 Å². The summed E-state index contributed by atoms with van der Waals surface area (Å²) in [6, 6.07) is 7.36. The van der Waals surface area contributed by atoms with Crippen LogP contribution in [0.4, 0.5) is 5.69 Å². The first-order chi connectivity index (χ1) is 9.51. The highest BCUT2D eigenvalue weighted by molar-refractivity contribution is 5.90. The molecule has 0 saturated heterocycles. The van der Waals surface area contributed by atoms with Crippen LogP contribution in [0, 0.1) is 24.2 Å². The van der Waals surface area contributed by atoms with Gasteiger partial charge in [0.2, 0.25) is 5.91 Å². The summed E-state index contributed by atoms with van der Waals surface area (Å²) in [6.07, 6.45) is 9.42. The van der Waals surface area contributed by atoms with E-state index in [1.54, 1.807) is 0 Å². The third kappa shape index (κ3) is 6.43. The van der Waals surface area contributed by atoms with Crippen LogP contribution in [-0.4, -0.2) is 5.91 Å². The largest absolute Gasteiger partial charge is 0.326 e. The first-order valence-electron chi connectivity index (χ1n) is 7.37. The SMILES string of the molecule is C#Cc1ccc(NC(=O)C[C@H](C)CCCC(C)C)cc1. The second-order valence-electron chi connectivity index (χ2n) is 5.90. The standard InChI is InChI=1S/C18H25NO/c1-5-16-9-11-17(12-10-16)19-18(20)13-15(4)8-6-7-14(2)3/h1,9-12,14-15H,6-8,13H2,2-4H3,(H,19,20)/t15-/m1/s1. The molecule has 0 fully saturated rings. The number of amides is 1. The van der Waals surface area contributed by atoms with E-state index in [2.05, 4.69) is 32.0 Å². The lowest BCUT2D eigenvalue weighted by molar-refractivity contribution is -0.117. The van der Waals surface area contributed by atoms with Crippen molar-refractivity contribution in [2.45, 2.75) is 46.5 Å². The molecular formula is C18H25NO. The molecule has 0 aliphatic carbocycles. The van der Waals surface area contributed by atoms with E-state index in [-0.39, 0.29) is 5.91 Å². The monoisotopic (exact) mass is 271 g/mol. The number of terminal acetylenes is 1. The molecule has 0 aliphatic heterocycles. The molecule has 2 nitrogen and oxygen atoms in total. The van der Waals surface area contributed by atoms with Crippen LogP contribution in [0.2, 0.25) is 0 Å². The van der Waals surface area contributed by atoms with Gasteiger partial charge in [-0.25, -0.2) is 0 Å².